The third-order valence-corrected chi connectivity index (χ3v) is 7.24. The summed E-state index contributed by atoms with van der Waals surface area (Å²) in [5.41, 5.74) is -0.470. The molecule has 0 aromatic heterocycles. The van der Waals surface area contributed by atoms with E-state index < -0.39 is 17.4 Å². The lowest BCUT2D eigenvalue weighted by Gasteiger charge is -2.39. The fourth-order valence-corrected chi connectivity index (χ4v) is 5.05. The first-order valence-electron chi connectivity index (χ1n) is 12.9. The summed E-state index contributed by atoms with van der Waals surface area (Å²) in [7, 11) is 0. The van der Waals surface area contributed by atoms with Crippen LogP contribution in [-0.4, -0.2) is 60.0 Å². The molecule has 184 valence electrons. The Morgan fingerprint density at radius 1 is 1.09 bits per heavy atom. The maximum absolute atomic E-state index is 12.6. The molecule has 2 bridgehead atoms. The number of carbonyl (C=O) groups is 4. The summed E-state index contributed by atoms with van der Waals surface area (Å²) in [6.45, 7) is 1.94. The van der Waals surface area contributed by atoms with Crippen LogP contribution in [0.25, 0.3) is 0 Å². The largest absolute Gasteiger partial charge is 0.481 e. The van der Waals surface area contributed by atoms with Gasteiger partial charge in [0.15, 0.2) is 0 Å². The van der Waals surface area contributed by atoms with Gasteiger partial charge in [-0.1, -0.05) is 25.5 Å². The summed E-state index contributed by atoms with van der Waals surface area (Å²) in [5.74, 6) is -0.174. The summed E-state index contributed by atoms with van der Waals surface area (Å²) >= 11 is 0. The van der Waals surface area contributed by atoms with Gasteiger partial charge in [0, 0.05) is 38.8 Å². The van der Waals surface area contributed by atoms with E-state index >= 15 is 0 Å². The lowest BCUT2D eigenvalue weighted by molar-refractivity contribution is -0.151. The average Bonchev–Trinajstić information content (AvgIpc) is 3.47. The number of carbonyl (C=O) groups excluding carboxylic acids is 3. The number of likely N-dealkylation sites (tertiary alicyclic amines) is 1. The predicted octanol–water partition coefficient (Wildman–Crippen LogP) is 2.91. The third-order valence-electron chi connectivity index (χ3n) is 7.24. The van der Waals surface area contributed by atoms with Gasteiger partial charge < -0.3 is 20.1 Å². The lowest BCUT2D eigenvalue weighted by Crippen LogP contribution is -2.44. The molecule has 8 heteroatoms. The average molecular weight is 465 g/mol. The zero-order valence-corrected chi connectivity index (χ0v) is 19.4. The monoisotopic (exact) mass is 464 g/mol. The molecule has 3 aliphatic rings. The van der Waals surface area contributed by atoms with Crippen molar-refractivity contribution in [2.75, 3.05) is 26.2 Å². The Kier molecular flexibility index (Phi) is 8.40. The number of aliphatic carboxylic acids is 1. The van der Waals surface area contributed by atoms with Crippen molar-refractivity contribution in [3.8, 4) is 0 Å². The number of fused-ring (bicyclic) bond motifs is 2. The van der Waals surface area contributed by atoms with Crippen molar-refractivity contribution in [2.24, 2.45) is 23.2 Å². The second-order valence-corrected chi connectivity index (χ2v) is 9.92. The highest BCUT2D eigenvalue weighted by atomic mass is 16.5. The van der Waals surface area contributed by atoms with Gasteiger partial charge in [-0.25, -0.2) is 0 Å². The molecule has 1 heterocycles. The number of hydrogen-bond donors (Lipinski definition) is 2. The highest BCUT2D eigenvalue weighted by Crippen LogP contribution is 2.43. The molecule has 3 unspecified atom stereocenters. The number of piperidine rings is 1. The Labute approximate surface area is 197 Å². The van der Waals surface area contributed by atoms with Crippen molar-refractivity contribution >= 4 is 23.8 Å². The van der Waals surface area contributed by atoms with Crippen LogP contribution in [-0.2, 0) is 23.9 Å². The minimum atomic E-state index is -1.04. The zero-order chi connectivity index (χ0) is 24.6. The first-order valence-corrected chi connectivity index (χ1v) is 12.2. The number of nitrogens with zero attached hydrogens (tertiary/aromatic N) is 1. The van der Waals surface area contributed by atoms with Crippen LogP contribution in [0.4, 0.5) is 0 Å². The number of hydrogen-bond acceptors (Lipinski definition) is 5. The molecule has 0 aromatic carbocycles. The van der Waals surface area contributed by atoms with E-state index in [0.717, 1.165) is 32.1 Å². The molecule has 3 rings (SSSR count). The summed E-state index contributed by atoms with van der Waals surface area (Å²) in [4.78, 5) is 49.0. The van der Waals surface area contributed by atoms with Crippen LogP contribution in [0.1, 0.15) is 72.5 Å². The lowest BCUT2D eigenvalue weighted by atomic mass is 9.81. The Balaban J connectivity index is 1.25. The van der Waals surface area contributed by atoms with Crippen LogP contribution in [0.15, 0.2) is 12.2 Å². The second-order valence-electron chi connectivity index (χ2n) is 9.92. The molecule has 33 heavy (non-hydrogen) atoms. The van der Waals surface area contributed by atoms with Crippen molar-refractivity contribution in [1.82, 2.24) is 10.2 Å². The van der Waals surface area contributed by atoms with Crippen molar-refractivity contribution in [3.63, 3.8) is 0 Å². The molecular formula is C25H38N2O6. The Morgan fingerprint density at radius 3 is 2.52 bits per heavy atom. The molecule has 0 spiro atoms. The predicted molar refractivity (Wildman–Crippen MR) is 122 cm³/mol. The number of ether oxygens (including phenoxy) is 1. The standard InChI is InChI=1S/C25H38N2O6/c1-25(17-33-23(31)9-8-22(29)30)10-13-27(14-11-25)21(28)5-3-2-4-12-26-24(32)20-16-18-6-7-19(20)15-18/h6-7,18-20H,2-5,8-17H2,1H3,(H,26,32)(H,29,30)/i1T. The van der Waals surface area contributed by atoms with Gasteiger partial charge in [-0.05, 0) is 50.4 Å². The smallest absolute Gasteiger partial charge is 0.306 e. The van der Waals surface area contributed by atoms with Crippen LogP contribution in [0.3, 0.4) is 0 Å². The fourth-order valence-electron chi connectivity index (χ4n) is 5.05. The molecule has 2 aliphatic carbocycles. The van der Waals surface area contributed by atoms with E-state index in [1.807, 2.05) is 4.90 Å². The number of esters is 1. The van der Waals surface area contributed by atoms with Gasteiger partial charge in [0.1, 0.15) is 0 Å². The zero-order valence-electron chi connectivity index (χ0n) is 20.4. The third kappa shape index (κ3) is 7.57. The number of unbranched alkanes of at least 4 members (excludes halogenated alkanes) is 2. The molecule has 0 radical (unpaired) electrons. The summed E-state index contributed by atoms with van der Waals surface area (Å²) in [5, 5.41) is 11.7. The SMILES string of the molecule is [3H]CC1(COC(=O)CCC(=O)O)CCN(C(=O)CCCCCNC(=O)C2CC3C=CC2C3)CC1. The van der Waals surface area contributed by atoms with Crippen LogP contribution in [0.2, 0.25) is 0 Å². The van der Waals surface area contributed by atoms with E-state index in [1.54, 1.807) is 0 Å². The van der Waals surface area contributed by atoms with Gasteiger partial charge in [-0.3, -0.25) is 19.2 Å². The van der Waals surface area contributed by atoms with Gasteiger partial charge in [-0.2, -0.15) is 0 Å². The quantitative estimate of drug-likeness (QED) is 0.261. The second kappa shape index (κ2) is 11.7. The van der Waals surface area contributed by atoms with E-state index in [9.17, 15) is 19.2 Å². The molecule has 2 fully saturated rings. The summed E-state index contributed by atoms with van der Waals surface area (Å²) in [6.07, 6.45) is 10.3. The number of carboxylic acids is 1. The van der Waals surface area contributed by atoms with Gasteiger partial charge >= 0.3 is 11.9 Å². The van der Waals surface area contributed by atoms with Gasteiger partial charge in [0.25, 0.3) is 0 Å². The van der Waals surface area contributed by atoms with Crippen molar-refractivity contribution in [2.45, 2.75) is 71.1 Å². The molecule has 1 aliphatic heterocycles. The highest BCUT2D eigenvalue weighted by Gasteiger charge is 2.39. The first-order chi connectivity index (χ1) is 16.3. The van der Waals surface area contributed by atoms with Gasteiger partial charge in [0.2, 0.25) is 11.8 Å². The number of carboxylic acid groups (broad SMARTS) is 1. The molecule has 0 aromatic rings. The van der Waals surface area contributed by atoms with E-state index in [4.69, 9.17) is 11.2 Å². The minimum Gasteiger partial charge on any atom is -0.481 e. The minimum absolute atomic E-state index is 0.0985. The molecule has 8 nitrogen and oxygen atoms in total. The summed E-state index contributed by atoms with van der Waals surface area (Å²) in [6, 6.07) is 0. The number of amides is 2. The van der Waals surface area contributed by atoms with E-state index in [0.29, 0.717) is 50.7 Å². The maximum Gasteiger partial charge on any atom is 0.306 e. The highest BCUT2D eigenvalue weighted by molar-refractivity contribution is 5.80. The van der Waals surface area contributed by atoms with Crippen LogP contribution in [0.5, 0.6) is 0 Å². The topological polar surface area (TPSA) is 113 Å². The Hall–Kier alpha value is -2.38. The van der Waals surface area contributed by atoms with Crippen molar-refractivity contribution < 1.29 is 30.4 Å². The molecule has 1 saturated heterocycles. The molecular weight excluding hydrogens is 424 g/mol. The number of allylic oxidation sites excluding steroid dienone is 2. The summed E-state index contributed by atoms with van der Waals surface area (Å²) < 4.78 is 13.1. The number of rotatable bonds is 12. The van der Waals surface area contributed by atoms with E-state index in [2.05, 4.69) is 17.5 Å². The van der Waals surface area contributed by atoms with E-state index in [-0.39, 0.29) is 44.1 Å². The van der Waals surface area contributed by atoms with Crippen molar-refractivity contribution in [3.05, 3.63) is 12.2 Å². The van der Waals surface area contributed by atoms with E-state index in [1.165, 1.54) is 0 Å². The first kappa shape index (κ1) is 23.8. The number of nitrogens with one attached hydrogen (secondary N) is 1. The van der Waals surface area contributed by atoms with Gasteiger partial charge in [-0.15, -0.1) is 0 Å². The molecule has 2 N–H and O–H groups in total. The van der Waals surface area contributed by atoms with Crippen molar-refractivity contribution in [1.29, 1.82) is 0 Å². The maximum atomic E-state index is 12.6. The molecule has 3 atom stereocenters. The Morgan fingerprint density at radius 2 is 1.88 bits per heavy atom. The van der Waals surface area contributed by atoms with Crippen LogP contribution in [0, 0.1) is 23.2 Å². The fraction of sp³-hybridized carbons (Fsp3) is 0.760. The van der Waals surface area contributed by atoms with Gasteiger partial charge in [0.05, 0.1) is 19.4 Å². The molecule has 1 saturated carbocycles. The van der Waals surface area contributed by atoms with Crippen LogP contribution >= 0.6 is 0 Å². The van der Waals surface area contributed by atoms with Crippen LogP contribution < -0.4 is 5.32 Å². The normalized spacial score (nSPS) is 25.5. The Bertz CT molecular complexity index is 777. The molecule has 2 amide bonds.